The Labute approximate surface area is 182 Å². The van der Waals surface area contributed by atoms with Crippen LogP contribution in [-0.4, -0.2) is 28.4 Å². The van der Waals surface area contributed by atoms with Gasteiger partial charge in [-0.2, -0.15) is 28.5 Å². The molecule has 0 aliphatic carbocycles. The summed E-state index contributed by atoms with van der Waals surface area (Å²) in [5.41, 5.74) is 1.07. The summed E-state index contributed by atoms with van der Waals surface area (Å²) in [4.78, 5) is 15.5. The Balaban J connectivity index is 1.71. The zero-order valence-electron chi connectivity index (χ0n) is 17.5. The van der Waals surface area contributed by atoms with Gasteiger partial charge in [-0.15, -0.1) is 0 Å². The Hall–Kier alpha value is -3.43. The normalized spacial score (nSPS) is 24.9. The number of nitrogens with one attached hydrogen (secondary N) is 1. The maximum absolute atomic E-state index is 13.9. The zero-order chi connectivity index (χ0) is 22.7. The van der Waals surface area contributed by atoms with E-state index in [2.05, 4.69) is 20.6 Å². The minimum Gasteiger partial charge on any atom is -0.362 e. The molecule has 1 aromatic heterocycles. The number of nitrogens with zero attached hydrogens (tertiary/aromatic N) is 5. The molecule has 0 saturated carbocycles. The molecule has 1 N–H and O–H groups in total. The highest BCUT2D eigenvalue weighted by Crippen LogP contribution is 2.51. The second-order valence-corrected chi connectivity index (χ2v) is 8.13. The third kappa shape index (κ3) is 2.89. The maximum Gasteiger partial charge on any atom is 0.416 e. The topological polar surface area (TPSA) is 74.9 Å². The van der Waals surface area contributed by atoms with Gasteiger partial charge in [0.1, 0.15) is 0 Å². The van der Waals surface area contributed by atoms with Crippen LogP contribution >= 0.6 is 0 Å². The number of rotatable bonds is 3. The molecule has 3 aliphatic heterocycles. The molecule has 0 fully saturated rings. The second-order valence-electron chi connectivity index (χ2n) is 8.13. The van der Waals surface area contributed by atoms with Crippen LogP contribution in [0.4, 0.5) is 18.9 Å². The summed E-state index contributed by atoms with van der Waals surface area (Å²) in [7, 11) is 1.76. The van der Waals surface area contributed by atoms with E-state index in [1.807, 2.05) is 6.92 Å². The predicted octanol–water partition coefficient (Wildman–Crippen LogP) is 4.06. The number of anilines is 1. The molecule has 0 saturated heterocycles. The van der Waals surface area contributed by atoms with Crippen molar-refractivity contribution in [3.05, 3.63) is 70.8 Å². The Morgan fingerprint density at radius 3 is 2.81 bits per heavy atom. The van der Waals surface area contributed by atoms with Gasteiger partial charge in [-0.05, 0) is 18.1 Å². The van der Waals surface area contributed by atoms with Gasteiger partial charge in [0, 0.05) is 37.5 Å². The number of hydrogen-bond donors (Lipinski definition) is 1. The highest BCUT2D eigenvalue weighted by atomic mass is 19.4. The van der Waals surface area contributed by atoms with Gasteiger partial charge >= 0.3 is 6.18 Å². The molecule has 5 rings (SSSR count). The molecule has 1 unspecified atom stereocenters. The lowest BCUT2D eigenvalue weighted by atomic mass is 9.62. The van der Waals surface area contributed by atoms with E-state index in [-0.39, 0.29) is 5.91 Å². The first-order valence-electron chi connectivity index (χ1n) is 10.3. The Morgan fingerprint density at radius 2 is 2.12 bits per heavy atom. The fourth-order valence-corrected chi connectivity index (χ4v) is 5.00. The van der Waals surface area contributed by atoms with Crippen molar-refractivity contribution < 1.29 is 18.0 Å². The van der Waals surface area contributed by atoms with Crippen LogP contribution in [0.15, 0.2) is 69.9 Å². The van der Waals surface area contributed by atoms with Gasteiger partial charge in [0.25, 0.3) is 5.91 Å². The summed E-state index contributed by atoms with van der Waals surface area (Å²) in [6, 6.07) is 5.24. The van der Waals surface area contributed by atoms with Gasteiger partial charge in [-0.25, -0.2) is 0 Å². The average Bonchev–Trinajstić information content (AvgIpc) is 3.41. The van der Waals surface area contributed by atoms with Crippen LogP contribution in [-0.2, 0) is 23.4 Å². The quantitative estimate of drug-likeness (QED) is 0.779. The number of alkyl halides is 3. The molecular formula is C22H21F3N6O. The van der Waals surface area contributed by atoms with Crippen molar-refractivity contribution in [3.8, 4) is 0 Å². The highest BCUT2D eigenvalue weighted by molar-refractivity contribution is 6.09. The Morgan fingerprint density at radius 1 is 1.31 bits per heavy atom. The standard InChI is InChI=1S/C22H21F3N6O/c1-3-21(13-5-4-6-14(9-13)22(23,24)25)16-11-26-29-19(16)28-17-7-8-31(20(32)18(17)21)15-10-27-30(2)12-15/h4-6,9-12,19,28H,3,7-8H2,1-2H3/t19?,21-/m0/s1. The summed E-state index contributed by atoms with van der Waals surface area (Å²) < 4.78 is 42.3. The molecule has 0 bridgehead atoms. The Kier molecular flexibility index (Phi) is 4.51. The monoisotopic (exact) mass is 442 g/mol. The van der Waals surface area contributed by atoms with Gasteiger partial charge in [0.15, 0.2) is 6.17 Å². The summed E-state index contributed by atoms with van der Waals surface area (Å²) in [5.74, 6) is -0.253. The predicted molar refractivity (Wildman–Crippen MR) is 110 cm³/mol. The first-order valence-corrected chi connectivity index (χ1v) is 10.3. The van der Waals surface area contributed by atoms with Crippen LogP contribution in [0.5, 0.6) is 0 Å². The number of hydrogen-bond acceptors (Lipinski definition) is 5. The molecule has 2 atom stereocenters. The fraction of sp³-hybridized carbons (Fsp3) is 0.364. The van der Waals surface area contributed by atoms with Crippen molar-refractivity contribution >= 4 is 11.6 Å². The molecule has 3 aliphatic rings. The molecular weight excluding hydrogens is 421 g/mol. The molecule has 1 aromatic carbocycles. The second kappa shape index (κ2) is 7.04. The van der Waals surface area contributed by atoms with E-state index < -0.39 is 23.3 Å². The van der Waals surface area contributed by atoms with Crippen molar-refractivity contribution in [2.45, 2.75) is 37.5 Å². The third-order valence-electron chi connectivity index (χ3n) is 6.47. The average molecular weight is 442 g/mol. The van der Waals surface area contributed by atoms with E-state index in [1.165, 1.54) is 6.07 Å². The van der Waals surface area contributed by atoms with E-state index in [0.29, 0.717) is 47.5 Å². The molecule has 0 spiro atoms. The van der Waals surface area contributed by atoms with Gasteiger partial charge in [-0.1, -0.05) is 25.1 Å². The van der Waals surface area contributed by atoms with E-state index in [1.54, 1.807) is 41.3 Å². The van der Waals surface area contributed by atoms with Gasteiger partial charge < -0.3 is 10.2 Å². The van der Waals surface area contributed by atoms with E-state index in [4.69, 9.17) is 0 Å². The van der Waals surface area contributed by atoms with Crippen molar-refractivity contribution in [3.63, 3.8) is 0 Å². The number of fused-ring (bicyclic) bond motifs is 1. The van der Waals surface area contributed by atoms with Crippen molar-refractivity contribution in [2.24, 2.45) is 17.3 Å². The smallest absolute Gasteiger partial charge is 0.362 e. The number of carbonyl (C=O) groups excluding carboxylic acids is 1. The molecule has 10 heteroatoms. The molecule has 4 heterocycles. The number of aryl methyl sites for hydroxylation is 1. The maximum atomic E-state index is 13.9. The lowest BCUT2D eigenvalue weighted by Gasteiger charge is -2.47. The summed E-state index contributed by atoms with van der Waals surface area (Å²) in [6.07, 6.45) is 0.846. The zero-order valence-corrected chi connectivity index (χ0v) is 17.5. The fourth-order valence-electron chi connectivity index (χ4n) is 5.00. The van der Waals surface area contributed by atoms with Crippen LogP contribution in [0.1, 0.15) is 30.9 Å². The molecule has 2 aromatic rings. The van der Waals surface area contributed by atoms with E-state index in [0.717, 1.165) is 12.1 Å². The van der Waals surface area contributed by atoms with Gasteiger partial charge in [-0.3, -0.25) is 9.48 Å². The molecule has 0 radical (unpaired) electrons. The lowest BCUT2D eigenvalue weighted by molar-refractivity contribution is -0.137. The Bertz CT molecular complexity index is 1190. The number of carbonyl (C=O) groups is 1. The summed E-state index contributed by atoms with van der Waals surface area (Å²) in [5, 5.41) is 15.7. The lowest BCUT2D eigenvalue weighted by Crippen LogP contribution is -2.54. The first kappa shape index (κ1) is 20.5. The van der Waals surface area contributed by atoms with Crippen molar-refractivity contribution in [2.75, 3.05) is 11.4 Å². The summed E-state index contributed by atoms with van der Waals surface area (Å²) >= 11 is 0. The van der Waals surface area contributed by atoms with Gasteiger partial charge in [0.05, 0.1) is 34.6 Å². The number of azo groups is 1. The number of benzene rings is 1. The largest absolute Gasteiger partial charge is 0.416 e. The first-order chi connectivity index (χ1) is 15.3. The van der Waals surface area contributed by atoms with E-state index in [9.17, 15) is 18.0 Å². The molecule has 32 heavy (non-hydrogen) atoms. The number of amides is 1. The molecule has 166 valence electrons. The minimum absolute atomic E-state index is 0.253. The molecule has 1 amide bonds. The highest BCUT2D eigenvalue weighted by Gasteiger charge is 2.53. The van der Waals surface area contributed by atoms with Crippen LogP contribution in [0, 0.1) is 0 Å². The van der Waals surface area contributed by atoms with Crippen molar-refractivity contribution in [1.29, 1.82) is 0 Å². The summed E-state index contributed by atoms with van der Waals surface area (Å²) in [6.45, 7) is 2.31. The number of aromatic nitrogens is 2. The third-order valence-corrected chi connectivity index (χ3v) is 6.47. The number of halogens is 3. The van der Waals surface area contributed by atoms with Crippen LogP contribution < -0.4 is 10.2 Å². The van der Waals surface area contributed by atoms with E-state index >= 15 is 0 Å². The van der Waals surface area contributed by atoms with Crippen LogP contribution in [0.25, 0.3) is 0 Å². The minimum atomic E-state index is -4.49. The van der Waals surface area contributed by atoms with Crippen LogP contribution in [0.2, 0.25) is 0 Å². The van der Waals surface area contributed by atoms with Crippen molar-refractivity contribution in [1.82, 2.24) is 15.1 Å². The molecule has 7 nitrogen and oxygen atoms in total. The van der Waals surface area contributed by atoms with Gasteiger partial charge in [0.2, 0.25) is 0 Å². The van der Waals surface area contributed by atoms with Crippen LogP contribution in [0.3, 0.4) is 0 Å². The SMILES string of the molecule is CC[C@]1(c2cccc(C(F)(F)F)c2)C2=CN=NC2NC2=C1C(=O)N(c1cnn(C)c1)CC2.